The first-order chi connectivity index (χ1) is 18.4. The molecule has 0 N–H and O–H groups in total. The van der Waals surface area contributed by atoms with Gasteiger partial charge in [-0.2, -0.15) is 21.6 Å². The monoisotopic (exact) mass is 591 g/mol. The first-order valence-electron chi connectivity index (χ1n) is 11.5. The molecule has 2 aromatic carbocycles. The molecule has 0 spiro atoms. The van der Waals surface area contributed by atoms with Crippen molar-refractivity contribution in [3.63, 3.8) is 0 Å². The van der Waals surface area contributed by atoms with E-state index in [-0.39, 0.29) is 11.3 Å². The largest absolute Gasteiger partial charge is 0.493 e. The lowest BCUT2D eigenvalue weighted by molar-refractivity contribution is -0.199. The molecule has 0 bridgehead atoms. The minimum absolute atomic E-state index is 0.251. The lowest BCUT2D eigenvalue weighted by Crippen LogP contribution is -2.39. The van der Waals surface area contributed by atoms with Crippen LogP contribution >= 0.6 is 11.3 Å². The molecule has 0 unspecified atom stereocenters. The van der Waals surface area contributed by atoms with Crippen LogP contribution in [0, 0.1) is 18.6 Å². The number of thiazole rings is 1. The van der Waals surface area contributed by atoms with E-state index in [1.165, 1.54) is 5.38 Å². The van der Waals surface area contributed by atoms with Crippen LogP contribution in [0.2, 0.25) is 0 Å². The summed E-state index contributed by atoms with van der Waals surface area (Å²) in [6, 6.07) is 10.5. The number of ether oxygens (including phenoxy) is 1. The Bertz CT molecular complexity index is 1410. The van der Waals surface area contributed by atoms with Gasteiger partial charge in [0.2, 0.25) is 5.13 Å². The first kappa shape index (κ1) is 28.7. The molecule has 3 aromatic rings. The Labute approximate surface area is 224 Å². The van der Waals surface area contributed by atoms with Crippen molar-refractivity contribution in [2.45, 2.75) is 43.5 Å². The van der Waals surface area contributed by atoms with Crippen LogP contribution in [-0.4, -0.2) is 49.6 Å². The van der Waals surface area contributed by atoms with E-state index in [4.69, 9.17) is 4.74 Å². The van der Waals surface area contributed by atoms with Crippen molar-refractivity contribution in [2.24, 2.45) is 0 Å². The van der Waals surface area contributed by atoms with E-state index in [0.717, 1.165) is 25.2 Å². The van der Waals surface area contributed by atoms with Crippen LogP contribution < -0.4 is 9.21 Å². The van der Waals surface area contributed by atoms with Gasteiger partial charge in [-0.05, 0) is 25.3 Å². The van der Waals surface area contributed by atoms with E-state index < -0.39 is 54.4 Å². The van der Waals surface area contributed by atoms with E-state index in [1.807, 2.05) is 30.3 Å². The van der Waals surface area contributed by atoms with E-state index in [1.54, 1.807) is 0 Å². The van der Waals surface area contributed by atoms with Crippen LogP contribution in [0.4, 0.5) is 27.1 Å². The molecule has 2 heterocycles. The van der Waals surface area contributed by atoms with Crippen molar-refractivity contribution in [2.75, 3.05) is 17.6 Å². The molecule has 39 heavy (non-hydrogen) atoms. The number of halogens is 5. The topological polar surface area (TPSA) is 89.0 Å². The number of carbonyl (C=O) groups is 1. The molecule has 0 aliphatic carbocycles. The molecule has 4 rings (SSSR count). The molecular weight excluding hydrogens is 569 g/mol. The number of anilines is 1. The van der Waals surface area contributed by atoms with Gasteiger partial charge in [0, 0.05) is 42.8 Å². The van der Waals surface area contributed by atoms with E-state index in [9.17, 15) is 26.4 Å². The quantitative estimate of drug-likeness (QED) is 0.270. The van der Waals surface area contributed by atoms with Gasteiger partial charge in [-0.15, -0.1) is 11.3 Å². The second-order valence-electron chi connectivity index (χ2n) is 8.63. The van der Waals surface area contributed by atoms with Gasteiger partial charge < -0.3 is 9.57 Å². The van der Waals surface area contributed by atoms with Gasteiger partial charge >= 0.3 is 22.2 Å². The second kappa shape index (κ2) is 11.4. The fraction of sp³-hybridized carbons (Fsp3) is 0.333. The molecule has 0 radical (unpaired) electrons. The maximum atomic E-state index is 15.3. The van der Waals surface area contributed by atoms with E-state index in [0.29, 0.717) is 43.3 Å². The molecule has 1 aromatic heterocycles. The van der Waals surface area contributed by atoms with Crippen LogP contribution in [-0.2, 0) is 26.2 Å². The third-order valence-corrected chi connectivity index (χ3v) is 8.33. The Morgan fingerprint density at radius 2 is 1.85 bits per heavy atom. The SMILES string of the molecule is Cc1c(OC2CCN(Cc3ccccc3)CC2)cc(F)c(S(=O)(=O)N(OC(=O)C(F)(F)F)c2nccs2)c1F. The summed E-state index contributed by atoms with van der Waals surface area (Å²) in [6.07, 6.45) is -3.91. The average molecular weight is 592 g/mol. The van der Waals surface area contributed by atoms with Crippen molar-refractivity contribution in [3.05, 3.63) is 70.7 Å². The normalized spacial score (nSPS) is 15.2. The van der Waals surface area contributed by atoms with Crippen molar-refractivity contribution in [1.82, 2.24) is 9.88 Å². The number of rotatable bonds is 8. The predicted molar refractivity (Wildman–Crippen MR) is 130 cm³/mol. The Hall–Kier alpha value is -3.30. The maximum absolute atomic E-state index is 15.3. The van der Waals surface area contributed by atoms with Gasteiger partial charge in [-0.3, -0.25) is 4.90 Å². The molecule has 210 valence electrons. The molecule has 0 atom stereocenters. The summed E-state index contributed by atoms with van der Waals surface area (Å²) in [5.41, 5.74) is 0.754. The van der Waals surface area contributed by atoms with Gasteiger partial charge in [0.05, 0.1) is 0 Å². The number of hydrogen-bond acceptors (Lipinski definition) is 8. The molecule has 15 heteroatoms. The zero-order valence-corrected chi connectivity index (χ0v) is 22.0. The Kier molecular flexibility index (Phi) is 8.42. The Morgan fingerprint density at radius 3 is 2.44 bits per heavy atom. The first-order valence-corrected chi connectivity index (χ1v) is 13.9. The lowest BCUT2D eigenvalue weighted by Gasteiger charge is -2.32. The highest BCUT2D eigenvalue weighted by Crippen LogP contribution is 2.35. The van der Waals surface area contributed by atoms with Crippen LogP contribution in [0.15, 0.2) is 52.9 Å². The smallest absolute Gasteiger partial charge is 0.490 e. The summed E-state index contributed by atoms with van der Waals surface area (Å²) in [5.74, 6) is -6.41. The highest BCUT2D eigenvalue weighted by atomic mass is 32.2. The summed E-state index contributed by atoms with van der Waals surface area (Å²) >= 11 is 0.466. The highest BCUT2D eigenvalue weighted by molar-refractivity contribution is 7.92. The van der Waals surface area contributed by atoms with Gasteiger partial charge in [-0.1, -0.05) is 34.8 Å². The zero-order chi connectivity index (χ0) is 28.4. The van der Waals surface area contributed by atoms with Crippen LogP contribution in [0.25, 0.3) is 0 Å². The van der Waals surface area contributed by atoms with Crippen LogP contribution in [0.5, 0.6) is 5.75 Å². The fourth-order valence-corrected chi connectivity index (χ4v) is 6.13. The molecule has 1 aliphatic rings. The van der Waals surface area contributed by atoms with Crippen molar-refractivity contribution in [3.8, 4) is 5.75 Å². The number of piperidine rings is 1. The van der Waals surface area contributed by atoms with Gasteiger partial charge in [-0.25, -0.2) is 18.6 Å². The number of alkyl halides is 3. The summed E-state index contributed by atoms with van der Waals surface area (Å²) in [7, 11) is -5.52. The number of benzene rings is 2. The average Bonchev–Trinajstić information content (AvgIpc) is 3.41. The molecular formula is C24H22F5N3O5S2. The van der Waals surface area contributed by atoms with Gasteiger partial charge in [0.1, 0.15) is 11.9 Å². The Morgan fingerprint density at radius 1 is 1.18 bits per heavy atom. The minimum Gasteiger partial charge on any atom is -0.490 e. The van der Waals surface area contributed by atoms with Gasteiger partial charge in [0.15, 0.2) is 16.5 Å². The molecule has 8 nitrogen and oxygen atoms in total. The molecule has 0 amide bonds. The predicted octanol–water partition coefficient (Wildman–Crippen LogP) is 4.99. The summed E-state index contributed by atoms with van der Waals surface area (Å²) in [6.45, 7) is 3.19. The fourth-order valence-electron chi connectivity index (χ4n) is 3.94. The minimum atomic E-state index is -5.59. The molecule has 1 fully saturated rings. The number of likely N-dealkylation sites (tertiary alicyclic amines) is 1. The Balaban J connectivity index is 1.54. The number of hydrogen-bond donors (Lipinski definition) is 0. The number of sulfonamides is 1. The van der Waals surface area contributed by atoms with Gasteiger partial charge in [0.25, 0.3) is 0 Å². The molecule has 0 saturated carbocycles. The van der Waals surface area contributed by atoms with Crippen molar-refractivity contribution in [1.29, 1.82) is 0 Å². The third kappa shape index (κ3) is 6.47. The summed E-state index contributed by atoms with van der Waals surface area (Å²) in [5, 5.41) is 0.394. The van der Waals surface area contributed by atoms with E-state index in [2.05, 4.69) is 14.7 Å². The highest BCUT2D eigenvalue weighted by Gasteiger charge is 2.46. The lowest BCUT2D eigenvalue weighted by atomic mass is 10.1. The number of carbonyl (C=O) groups excluding carboxylic acids is 1. The maximum Gasteiger partial charge on any atom is 0.493 e. The molecule has 1 saturated heterocycles. The second-order valence-corrected chi connectivity index (χ2v) is 11.2. The van der Waals surface area contributed by atoms with E-state index >= 15 is 8.78 Å². The van der Waals surface area contributed by atoms with Crippen molar-refractivity contribution >= 4 is 32.5 Å². The standard InChI is InChI=1S/C24H22F5N3O5S2/c1-15-19(36-17-7-10-31(11-8-17)14-16-5-3-2-4-6-16)13-18(25)21(20(15)26)39(34,35)32(23-30-9-12-38-23)37-22(33)24(27,28)29/h2-6,9,12-13,17H,7-8,10-11,14H2,1H3. The summed E-state index contributed by atoms with van der Waals surface area (Å²) < 4.78 is 100. The van der Waals surface area contributed by atoms with Crippen molar-refractivity contribution < 1.29 is 44.7 Å². The molecule has 1 aliphatic heterocycles. The third-order valence-electron chi connectivity index (χ3n) is 5.90. The van der Waals surface area contributed by atoms with Crippen LogP contribution in [0.3, 0.4) is 0 Å². The van der Waals surface area contributed by atoms with Crippen LogP contribution in [0.1, 0.15) is 24.0 Å². The summed E-state index contributed by atoms with van der Waals surface area (Å²) in [4.78, 5) is 19.5. The number of nitrogens with zero attached hydrogens (tertiary/aromatic N) is 3. The number of aromatic nitrogens is 1. The zero-order valence-electron chi connectivity index (χ0n) is 20.3.